The van der Waals surface area contributed by atoms with E-state index in [-0.39, 0.29) is 0 Å². The molecular formula is C17H26ClN. The molecule has 0 radical (unpaired) electrons. The number of benzene rings is 1. The van der Waals surface area contributed by atoms with Gasteiger partial charge in [-0.15, -0.1) is 0 Å². The molecule has 1 saturated heterocycles. The SMILES string of the molecule is CCCc1cc(Cl)ccc1C(CC)N1CCCCC1. The number of halogens is 1. The zero-order chi connectivity index (χ0) is 13.7. The number of nitrogens with zero attached hydrogens (tertiary/aromatic N) is 1. The molecule has 0 saturated carbocycles. The molecule has 0 bridgehead atoms. The number of aryl methyl sites for hydroxylation is 1. The fraction of sp³-hybridized carbons (Fsp3) is 0.647. The number of hydrogen-bond donors (Lipinski definition) is 0. The van der Waals surface area contributed by atoms with Gasteiger partial charge in [-0.1, -0.05) is 44.4 Å². The lowest BCUT2D eigenvalue weighted by Gasteiger charge is -2.35. The normalized spacial score (nSPS) is 18.5. The Morgan fingerprint density at radius 3 is 2.53 bits per heavy atom. The number of piperidine rings is 1. The van der Waals surface area contributed by atoms with Gasteiger partial charge in [-0.2, -0.15) is 0 Å². The lowest BCUT2D eigenvalue weighted by Crippen LogP contribution is -2.34. The minimum absolute atomic E-state index is 0.583. The molecule has 1 unspecified atom stereocenters. The largest absolute Gasteiger partial charge is 0.296 e. The lowest BCUT2D eigenvalue weighted by molar-refractivity contribution is 0.158. The quantitative estimate of drug-likeness (QED) is 0.713. The van der Waals surface area contributed by atoms with E-state index >= 15 is 0 Å². The Balaban J connectivity index is 2.25. The van der Waals surface area contributed by atoms with Gasteiger partial charge in [0.2, 0.25) is 0 Å². The summed E-state index contributed by atoms with van der Waals surface area (Å²) in [5, 5.41) is 0.876. The summed E-state index contributed by atoms with van der Waals surface area (Å²) in [5.41, 5.74) is 2.96. The van der Waals surface area contributed by atoms with Crippen molar-refractivity contribution < 1.29 is 0 Å². The summed E-state index contributed by atoms with van der Waals surface area (Å²) < 4.78 is 0. The molecule has 1 heterocycles. The first-order chi connectivity index (χ1) is 9.26. The van der Waals surface area contributed by atoms with Gasteiger partial charge in [-0.3, -0.25) is 4.90 Å². The Kier molecular flexibility index (Phi) is 5.72. The maximum atomic E-state index is 6.17. The van der Waals surface area contributed by atoms with Crippen molar-refractivity contribution in [2.75, 3.05) is 13.1 Å². The maximum absolute atomic E-state index is 6.17. The van der Waals surface area contributed by atoms with Crippen LogP contribution in [0.1, 0.15) is 63.1 Å². The Morgan fingerprint density at radius 1 is 1.16 bits per heavy atom. The van der Waals surface area contributed by atoms with Crippen molar-refractivity contribution in [3.63, 3.8) is 0 Å². The fourth-order valence-corrected chi connectivity index (χ4v) is 3.48. The van der Waals surface area contributed by atoms with Gasteiger partial charge < -0.3 is 0 Å². The monoisotopic (exact) mass is 279 g/mol. The van der Waals surface area contributed by atoms with Crippen LogP contribution in [0.5, 0.6) is 0 Å². The molecule has 0 amide bonds. The molecule has 106 valence electrons. The first-order valence-electron chi connectivity index (χ1n) is 7.78. The van der Waals surface area contributed by atoms with Crippen LogP contribution in [0, 0.1) is 0 Å². The predicted octanol–water partition coefficient (Wildman–Crippen LogP) is 5.23. The molecule has 1 aliphatic heterocycles. The van der Waals surface area contributed by atoms with Crippen molar-refractivity contribution in [1.29, 1.82) is 0 Å². The third-order valence-electron chi connectivity index (χ3n) is 4.20. The smallest absolute Gasteiger partial charge is 0.0408 e. The second kappa shape index (κ2) is 7.31. The van der Waals surface area contributed by atoms with Crippen molar-refractivity contribution in [2.24, 2.45) is 0 Å². The summed E-state index contributed by atoms with van der Waals surface area (Å²) >= 11 is 6.17. The molecule has 0 aliphatic carbocycles. The van der Waals surface area contributed by atoms with Gasteiger partial charge in [-0.05, 0) is 62.0 Å². The summed E-state index contributed by atoms with van der Waals surface area (Å²) in [6.07, 6.45) is 7.62. The van der Waals surface area contributed by atoms with E-state index in [1.165, 1.54) is 56.3 Å². The van der Waals surface area contributed by atoms with Crippen LogP contribution in [-0.4, -0.2) is 18.0 Å². The summed E-state index contributed by atoms with van der Waals surface area (Å²) in [6.45, 7) is 7.07. The van der Waals surface area contributed by atoms with Crippen molar-refractivity contribution in [3.8, 4) is 0 Å². The van der Waals surface area contributed by atoms with Crippen LogP contribution >= 0.6 is 11.6 Å². The average Bonchev–Trinajstić information content (AvgIpc) is 2.43. The average molecular weight is 280 g/mol. The topological polar surface area (TPSA) is 3.24 Å². The molecule has 1 aliphatic rings. The van der Waals surface area contributed by atoms with Gasteiger partial charge in [0.05, 0.1) is 0 Å². The number of rotatable bonds is 5. The summed E-state index contributed by atoms with van der Waals surface area (Å²) in [5.74, 6) is 0. The zero-order valence-electron chi connectivity index (χ0n) is 12.3. The van der Waals surface area contributed by atoms with Crippen molar-refractivity contribution >= 4 is 11.6 Å². The summed E-state index contributed by atoms with van der Waals surface area (Å²) in [4.78, 5) is 2.67. The highest BCUT2D eigenvalue weighted by Gasteiger charge is 2.22. The van der Waals surface area contributed by atoms with Gasteiger partial charge >= 0.3 is 0 Å². The van der Waals surface area contributed by atoms with Crippen LogP contribution in [0.25, 0.3) is 0 Å². The molecule has 1 fully saturated rings. The molecule has 1 aromatic carbocycles. The van der Waals surface area contributed by atoms with Crippen molar-refractivity contribution in [1.82, 2.24) is 4.90 Å². The van der Waals surface area contributed by atoms with E-state index in [0.29, 0.717) is 6.04 Å². The van der Waals surface area contributed by atoms with Gasteiger partial charge in [0, 0.05) is 11.1 Å². The van der Waals surface area contributed by atoms with E-state index in [1.54, 1.807) is 0 Å². The van der Waals surface area contributed by atoms with Crippen LogP contribution in [0.15, 0.2) is 18.2 Å². The standard InChI is InChI=1S/C17H26ClN/c1-3-8-14-13-15(18)9-10-16(14)17(4-2)19-11-6-5-7-12-19/h9-10,13,17H,3-8,11-12H2,1-2H3. The fourth-order valence-electron chi connectivity index (χ4n) is 3.29. The van der Waals surface area contributed by atoms with Crippen LogP contribution in [0.2, 0.25) is 5.02 Å². The molecule has 2 heteroatoms. The first-order valence-corrected chi connectivity index (χ1v) is 8.16. The Bertz CT molecular complexity index is 396. The van der Waals surface area contributed by atoms with Crippen LogP contribution in [0.3, 0.4) is 0 Å². The Labute approximate surface area is 123 Å². The van der Waals surface area contributed by atoms with Crippen LogP contribution in [-0.2, 0) is 6.42 Å². The van der Waals surface area contributed by atoms with E-state index in [0.717, 1.165) is 11.4 Å². The minimum atomic E-state index is 0.583. The molecule has 0 spiro atoms. The molecule has 1 nitrogen and oxygen atoms in total. The summed E-state index contributed by atoms with van der Waals surface area (Å²) in [7, 11) is 0. The van der Waals surface area contributed by atoms with Crippen molar-refractivity contribution in [2.45, 2.75) is 58.4 Å². The van der Waals surface area contributed by atoms with Crippen LogP contribution in [0.4, 0.5) is 0 Å². The Hall–Kier alpha value is -0.530. The molecule has 1 atom stereocenters. The zero-order valence-corrected chi connectivity index (χ0v) is 13.0. The van der Waals surface area contributed by atoms with Gasteiger partial charge in [-0.25, -0.2) is 0 Å². The number of likely N-dealkylation sites (tertiary alicyclic amines) is 1. The minimum Gasteiger partial charge on any atom is -0.296 e. The highest BCUT2D eigenvalue weighted by Crippen LogP contribution is 2.31. The maximum Gasteiger partial charge on any atom is 0.0408 e. The second-order valence-electron chi connectivity index (χ2n) is 5.61. The molecule has 2 rings (SSSR count). The molecule has 0 N–H and O–H groups in total. The van der Waals surface area contributed by atoms with E-state index in [9.17, 15) is 0 Å². The van der Waals surface area contributed by atoms with E-state index in [2.05, 4.69) is 36.9 Å². The second-order valence-corrected chi connectivity index (χ2v) is 6.05. The van der Waals surface area contributed by atoms with Crippen LogP contribution < -0.4 is 0 Å². The third-order valence-corrected chi connectivity index (χ3v) is 4.44. The van der Waals surface area contributed by atoms with E-state index in [1.807, 2.05) is 0 Å². The number of hydrogen-bond acceptors (Lipinski definition) is 1. The van der Waals surface area contributed by atoms with E-state index in [4.69, 9.17) is 11.6 Å². The Morgan fingerprint density at radius 2 is 1.89 bits per heavy atom. The molecule has 1 aromatic rings. The lowest BCUT2D eigenvalue weighted by atomic mass is 9.93. The highest BCUT2D eigenvalue weighted by atomic mass is 35.5. The van der Waals surface area contributed by atoms with Gasteiger partial charge in [0.25, 0.3) is 0 Å². The van der Waals surface area contributed by atoms with Gasteiger partial charge in [0.1, 0.15) is 0 Å². The predicted molar refractivity (Wildman–Crippen MR) is 83.9 cm³/mol. The van der Waals surface area contributed by atoms with Crippen molar-refractivity contribution in [3.05, 3.63) is 34.3 Å². The first kappa shape index (κ1) is 14.9. The van der Waals surface area contributed by atoms with E-state index < -0.39 is 0 Å². The summed E-state index contributed by atoms with van der Waals surface area (Å²) in [6, 6.07) is 7.07. The molecule has 0 aromatic heterocycles. The molecule has 19 heavy (non-hydrogen) atoms. The third kappa shape index (κ3) is 3.73. The van der Waals surface area contributed by atoms with Gasteiger partial charge in [0.15, 0.2) is 0 Å². The molecular weight excluding hydrogens is 254 g/mol. The highest BCUT2D eigenvalue weighted by molar-refractivity contribution is 6.30.